The maximum atomic E-state index is 12.1. The van der Waals surface area contributed by atoms with Crippen molar-refractivity contribution in [3.8, 4) is 0 Å². The normalized spacial score (nSPS) is 13.2. The van der Waals surface area contributed by atoms with Crippen LogP contribution in [0.3, 0.4) is 0 Å². The standard InChI is InChI=1S/C17H19BrO3/c1-17(2,3)21-15(16(19)20-4)13-10-9-11-7-5-6-8-12(11)14(13)18/h5-10,15H,1-4H3. The first kappa shape index (κ1) is 16.0. The summed E-state index contributed by atoms with van der Waals surface area (Å²) >= 11 is 3.60. The number of rotatable bonds is 3. The molecule has 2 aromatic carbocycles. The molecule has 1 atom stereocenters. The molecule has 2 aromatic rings. The zero-order valence-electron chi connectivity index (χ0n) is 12.6. The van der Waals surface area contributed by atoms with Crippen molar-refractivity contribution in [1.82, 2.24) is 0 Å². The van der Waals surface area contributed by atoms with Crippen LogP contribution in [-0.2, 0) is 14.3 Å². The van der Waals surface area contributed by atoms with Gasteiger partial charge in [-0.25, -0.2) is 4.79 Å². The molecule has 0 bridgehead atoms. The first-order valence-electron chi connectivity index (χ1n) is 6.76. The SMILES string of the molecule is COC(=O)C(OC(C)(C)C)c1ccc2ccccc2c1Br. The lowest BCUT2D eigenvalue weighted by Crippen LogP contribution is -2.28. The van der Waals surface area contributed by atoms with Gasteiger partial charge in [0.05, 0.1) is 12.7 Å². The van der Waals surface area contributed by atoms with Crippen LogP contribution in [0.15, 0.2) is 40.9 Å². The Kier molecular flexibility index (Phi) is 4.69. The molecule has 0 aliphatic carbocycles. The van der Waals surface area contributed by atoms with E-state index in [1.165, 1.54) is 7.11 Å². The first-order valence-corrected chi connectivity index (χ1v) is 7.55. The third-order valence-electron chi connectivity index (χ3n) is 3.06. The predicted octanol–water partition coefficient (Wildman–Crippen LogP) is 4.63. The molecule has 0 aromatic heterocycles. The fourth-order valence-electron chi connectivity index (χ4n) is 2.15. The van der Waals surface area contributed by atoms with E-state index in [1.54, 1.807) is 0 Å². The molecule has 0 N–H and O–H groups in total. The summed E-state index contributed by atoms with van der Waals surface area (Å²) in [7, 11) is 1.37. The number of benzene rings is 2. The molecule has 0 spiro atoms. The molecular weight excluding hydrogens is 332 g/mol. The molecule has 0 radical (unpaired) electrons. The van der Waals surface area contributed by atoms with Crippen LogP contribution in [0.25, 0.3) is 10.8 Å². The second kappa shape index (κ2) is 6.16. The number of methoxy groups -OCH3 is 1. The maximum absolute atomic E-state index is 12.1. The minimum absolute atomic E-state index is 0.402. The van der Waals surface area contributed by atoms with Gasteiger partial charge in [-0.05, 0) is 47.5 Å². The fraction of sp³-hybridized carbons (Fsp3) is 0.353. The van der Waals surface area contributed by atoms with Crippen LogP contribution in [0.4, 0.5) is 0 Å². The zero-order valence-corrected chi connectivity index (χ0v) is 14.2. The van der Waals surface area contributed by atoms with E-state index in [0.29, 0.717) is 0 Å². The first-order chi connectivity index (χ1) is 9.83. The van der Waals surface area contributed by atoms with Crippen molar-refractivity contribution in [2.24, 2.45) is 0 Å². The van der Waals surface area contributed by atoms with Crippen molar-refractivity contribution >= 4 is 32.7 Å². The number of hydrogen-bond donors (Lipinski definition) is 0. The van der Waals surface area contributed by atoms with Crippen LogP contribution < -0.4 is 0 Å². The van der Waals surface area contributed by atoms with E-state index in [1.807, 2.05) is 57.2 Å². The highest BCUT2D eigenvalue weighted by Gasteiger charge is 2.29. The van der Waals surface area contributed by atoms with Gasteiger partial charge in [0, 0.05) is 10.0 Å². The quantitative estimate of drug-likeness (QED) is 0.757. The van der Waals surface area contributed by atoms with Gasteiger partial charge >= 0.3 is 5.97 Å². The van der Waals surface area contributed by atoms with Crippen molar-refractivity contribution in [1.29, 1.82) is 0 Å². The Labute approximate surface area is 133 Å². The smallest absolute Gasteiger partial charge is 0.339 e. The molecule has 3 nitrogen and oxygen atoms in total. The van der Waals surface area contributed by atoms with Crippen LogP contribution in [0.2, 0.25) is 0 Å². The number of carbonyl (C=O) groups is 1. The fourth-order valence-corrected chi connectivity index (χ4v) is 2.85. The molecule has 0 fully saturated rings. The third-order valence-corrected chi connectivity index (χ3v) is 3.95. The van der Waals surface area contributed by atoms with Crippen LogP contribution >= 0.6 is 15.9 Å². The maximum Gasteiger partial charge on any atom is 0.339 e. The van der Waals surface area contributed by atoms with Gasteiger partial charge in [0.25, 0.3) is 0 Å². The summed E-state index contributed by atoms with van der Waals surface area (Å²) in [6, 6.07) is 11.9. The summed E-state index contributed by atoms with van der Waals surface area (Å²) in [4.78, 5) is 12.1. The van der Waals surface area contributed by atoms with E-state index in [4.69, 9.17) is 9.47 Å². The molecule has 0 saturated carbocycles. The number of carbonyl (C=O) groups excluding carboxylic acids is 1. The number of hydrogen-bond acceptors (Lipinski definition) is 3. The molecule has 112 valence electrons. The van der Waals surface area contributed by atoms with Gasteiger partial charge < -0.3 is 9.47 Å². The summed E-state index contributed by atoms with van der Waals surface area (Å²) < 4.78 is 11.7. The van der Waals surface area contributed by atoms with Crippen molar-refractivity contribution < 1.29 is 14.3 Å². The average Bonchev–Trinajstić information content (AvgIpc) is 2.44. The highest BCUT2D eigenvalue weighted by atomic mass is 79.9. The second-order valence-electron chi connectivity index (χ2n) is 5.82. The minimum atomic E-state index is -0.756. The molecule has 0 aliphatic heterocycles. The van der Waals surface area contributed by atoms with Crippen molar-refractivity contribution in [2.75, 3.05) is 7.11 Å². The van der Waals surface area contributed by atoms with Gasteiger partial charge in [-0.1, -0.05) is 36.4 Å². The minimum Gasteiger partial charge on any atom is -0.467 e. The third kappa shape index (κ3) is 3.63. The largest absolute Gasteiger partial charge is 0.467 e. The Hall–Kier alpha value is -1.39. The molecule has 1 unspecified atom stereocenters. The van der Waals surface area contributed by atoms with Crippen molar-refractivity contribution in [2.45, 2.75) is 32.5 Å². The molecule has 0 heterocycles. The van der Waals surface area contributed by atoms with Crippen LogP contribution in [0.5, 0.6) is 0 Å². The summed E-state index contributed by atoms with van der Waals surface area (Å²) in [6.07, 6.45) is -0.756. The zero-order chi connectivity index (χ0) is 15.6. The molecule has 0 amide bonds. The topological polar surface area (TPSA) is 35.5 Å². The molecule has 2 rings (SSSR count). The highest BCUT2D eigenvalue weighted by Crippen LogP contribution is 2.35. The van der Waals surface area contributed by atoms with Crippen LogP contribution in [-0.4, -0.2) is 18.7 Å². The monoisotopic (exact) mass is 350 g/mol. The van der Waals surface area contributed by atoms with Gasteiger partial charge in [0.15, 0.2) is 6.10 Å². The van der Waals surface area contributed by atoms with Gasteiger partial charge in [-0.3, -0.25) is 0 Å². The Morgan fingerprint density at radius 2 is 1.81 bits per heavy atom. The number of ether oxygens (including phenoxy) is 2. The Morgan fingerprint density at radius 3 is 2.43 bits per heavy atom. The highest BCUT2D eigenvalue weighted by molar-refractivity contribution is 9.10. The van der Waals surface area contributed by atoms with Gasteiger partial charge in [0.2, 0.25) is 0 Å². The molecule has 21 heavy (non-hydrogen) atoms. The summed E-state index contributed by atoms with van der Waals surface area (Å²) in [5, 5.41) is 2.15. The van der Waals surface area contributed by atoms with Crippen molar-refractivity contribution in [3.05, 3.63) is 46.4 Å². The molecule has 0 aliphatic rings. The van der Waals surface area contributed by atoms with Crippen molar-refractivity contribution in [3.63, 3.8) is 0 Å². The molecular formula is C17H19BrO3. The van der Waals surface area contributed by atoms with E-state index in [2.05, 4.69) is 15.9 Å². The van der Waals surface area contributed by atoms with Gasteiger partial charge in [0.1, 0.15) is 0 Å². The lowest BCUT2D eigenvalue weighted by Gasteiger charge is -2.27. The predicted molar refractivity (Wildman–Crippen MR) is 87.2 cm³/mol. The Bertz CT molecular complexity index is 659. The van der Waals surface area contributed by atoms with E-state index in [9.17, 15) is 4.79 Å². The number of fused-ring (bicyclic) bond motifs is 1. The Balaban J connectivity index is 2.54. The number of esters is 1. The number of halogens is 1. The summed E-state index contributed by atoms with van der Waals surface area (Å²) in [5.74, 6) is -0.402. The van der Waals surface area contributed by atoms with E-state index >= 15 is 0 Å². The Morgan fingerprint density at radius 1 is 1.14 bits per heavy atom. The van der Waals surface area contributed by atoms with E-state index < -0.39 is 17.7 Å². The summed E-state index contributed by atoms with van der Waals surface area (Å²) in [5.41, 5.74) is 0.319. The van der Waals surface area contributed by atoms with Crippen LogP contribution in [0, 0.1) is 0 Å². The van der Waals surface area contributed by atoms with Gasteiger partial charge in [-0.15, -0.1) is 0 Å². The van der Waals surface area contributed by atoms with Gasteiger partial charge in [-0.2, -0.15) is 0 Å². The van der Waals surface area contributed by atoms with E-state index in [-0.39, 0.29) is 0 Å². The second-order valence-corrected chi connectivity index (χ2v) is 6.62. The molecule has 4 heteroatoms. The van der Waals surface area contributed by atoms with Crippen LogP contribution in [0.1, 0.15) is 32.4 Å². The van der Waals surface area contributed by atoms with E-state index in [0.717, 1.165) is 20.8 Å². The summed E-state index contributed by atoms with van der Waals surface area (Å²) in [6.45, 7) is 5.74. The average molecular weight is 351 g/mol. The lowest BCUT2D eigenvalue weighted by molar-refractivity contribution is -0.164. The molecule has 0 saturated heterocycles. The lowest BCUT2D eigenvalue weighted by atomic mass is 10.0.